The number of nitrogens with two attached hydrogens (primary N) is 1. The zero-order valence-electron chi connectivity index (χ0n) is 7.96. The van der Waals surface area contributed by atoms with Gasteiger partial charge in [0.25, 0.3) is 0 Å². The third-order valence-corrected chi connectivity index (χ3v) is 2.03. The van der Waals surface area contributed by atoms with Crippen molar-refractivity contribution < 1.29 is 0 Å². The molecule has 2 heterocycles. The minimum Gasteiger partial charge on any atom is -0.324 e. The Hall–Kier alpha value is -1.68. The summed E-state index contributed by atoms with van der Waals surface area (Å²) in [6.07, 6.45) is 5.32. The molecule has 0 fully saturated rings. The zero-order valence-corrected chi connectivity index (χ0v) is 7.96. The number of nitrogens with zero attached hydrogens (tertiary/aromatic N) is 3. The Labute approximate surface area is 82.4 Å². The van der Waals surface area contributed by atoms with E-state index in [1.807, 2.05) is 31.3 Å². The predicted octanol–water partition coefficient (Wildman–Crippen LogP) is 1.29. The highest BCUT2D eigenvalue weighted by atomic mass is 15.3. The first-order valence-corrected chi connectivity index (χ1v) is 4.49. The molecule has 14 heavy (non-hydrogen) atoms. The van der Waals surface area contributed by atoms with E-state index in [1.165, 1.54) is 0 Å². The van der Waals surface area contributed by atoms with Gasteiger partial charge in [-0.2, -0.15) is 5.10 Å². The van der Waals surface area contributed by atoms with Crippen molar-refractivity contribution in [2.75, 3.05) is 0 Å². The molecule has 0 bridgehead atoms. The summed E-state index contributed by atoms with van der Waals surface area (Å²) in [6, 6.07) is 5.74. The molecule has 2 aromatic rings. The fourth-order valence-electron chi connectivity index (χ4n) is 1.25. The van der Waals surface area contributed by atoms with Crippen molar-refractivity contribution in [3.05, 3.63) is 42.4 Å². The van der Waals surface area contributed by atoms with Crippen LogP contribution in [0, 0.1) is 0 Å². The first-order chi connectivity index (χ1) is 6.77. The minimum absolute atomic E-state index is 0.0207. The van der Waals surface area contributed by atoms with E-state index in [0.717, 1.165) is 11.4 Å². The van der Waals surface area contributed by atoms with E-state index in [1.54, 1.807) is 17.1 Å². The minimum atomic E-state index is 0.0207. The van der Waals surface area contributed by atoms with E-state index in [4.69, 9.17) is 5.73 Å². The van der Waals surface area contributed by atoms with Crippen molar-refractivity contribution in [2.45, 2.75) is 13.0 Å². The molecule has 2 N–H and O–H groups in total. The Morgan fingerprint density at radius 1 is 1.43 bits per heavy atom. The van der Waals surface area contributed by atoms with Crippen LogP contribution in [0.1, 0.15) is 18.5 Å². The Morgan fingerprint density at radius 3 is 2.93 bits per heavy atom. The van der Waals surface area contributed by atoms with Crippen LogP contribution in [0.3, 0.4) is 0 Å². The molecule has 0 aliphatic heterocycles. The van der Waals surface area contributed by atoms with Crippen molar-refractivity contribution >= 4 is 0 Å². The molecule has 2 aromatic heterocycles. The van der Waals surface area contributed by atoms with Gasteiger partial charge in [-0.25, -0.2) is 9.67 Å². The van der Waals surface area contributed by atoms with Crippen LogP contribution in [0.25, 0.3) is 5.82 Å². The van der Waals surface area contributed by atoms with Gasteiger partial charge in [-0.05, 0) is 30.7 Å². The molecule has 0 spiro atoms. The third-order valence-electron chi connectivity index (χ3n) is 2.03. The van der Waals surface area contributed by atoms with Crippen LogP contribution < -0.4 is 5.73 Å². The summed E-state index contributed by atoms with van der Waals surface area (Å²) in [4.78, 5) is 4.21. The van der Waals surface area contributed by atoms with E-state index in [9.17, 15) is 0 Å². The molecule has 0 aromatic carbocycles. The molecule has 4 nitrogen and oxygen atoms in total. The molecular formula is C10H12N4. The molecule has 0 unspecified atom stereocenters. The van der Waals surface area contributed by atoms with Crippen molar-refractivity contribution in [1.29, 1.82) is 0 Å². The summed E-state index contributed by atoms with van der Waals surface area (Å²) in [5.41, 5.74) is 6.84. The normalized spacial score (nSPS) is 12.7. The number of rotatable bonds is 2. The fourth-order valence-corrected chi connectivity index (χ4v) is 1.25. The monoisotopic (exact) mass is 188 g/mol. The van der Waals surface area contributed by atoms with Crippen molar-refractivity contribution in [1.82, 2.24) is 14.8 Å². The standard InChI is InChI=1S/C10H12N4/c1-8(11)9-3-5-12-10(7-9)14-6-2-4-13-14/h2-8H,11H2,1H3/t8-/m1/s1. The fraction of sp³-hybridized carbons (Fsp3) is 0.200. The first-order valence-electron chi connectivity index (χ1n) is 4.49. The van der Waals surface area contributed by atoms with Gasteiger partial charge in [-0.15, -0.1) is 0 Å². The molecule has 4 heteroatoms. The highest BCUT2D eigenvalue weighted by Gasteiger charge is 2.02. The Bertz CT molecular complexity index is 406. The molecule has 0 saturated heterocycles. The second-order valence-electron chi connectivity index (χ2n) is 3.19. The Kier molecular flexibility index (Phi) is 2.28. The maximum atomic E-state index is 5.78. The van der Waals surface area contributed by atoms with Gasteiger partial charge in [0.1, 0.15) is 0 Å². The Morgan fingerprint density at radius 2 is 2.29 bits per heavy atom. The summed E-state index contributed by atoms with van der Waals surface area (Å²) in [5.74, 6) is 0.796. The van der Waals surface area contributed by atoms with E-state index in [-0.39, 0.29) is 6.04 Å². The summed E-state index contributed by atoms with van der Waals surface area (Å²) < 4.78 is 1.71. The molecule has 0 aliphatic carbocycles. The van der Waals surface area contributed by atoms with E-state index >= 15 is 0 Å². The highest BCUT2D eigenvalue weighted by Crippen LogP contribution is 2.11. The van der Waals surface area contributed by atoms with Crippen molar-refractivity contribution in [2.24, 2.45) is 5.73 Å². The van der Waals surface area contributed by atoms with Crippen LogP contribution >= 0.6 is 0 Å². The van der Waals surface area contributed by atoms with Gasteiger partial charge in [-0.3, -0.25) is 0 Å². The second-order valence-corrected chi connectivity index (χ2v) is 3.19. The van der Waals surface area contributed by atoms with Crippen LogP contribution in [0.5, 0.6) is 0 Å². The van der Waals surface area contributed by atoms with Crippen molar-refractivity contribution in [3.8, 4) is 5.82 Å². The third kappa shape index (κ3) is 1.65. The highest BCUT2D eigenvalue weighted by molar-refractivity contribution is 5.28. The molecular weight excluding hydrogens is 176 g/mol. The zero-order chi connectivity index (χ0) is 9.97. The molecule has 0 saturated carbocycles. The SMILES string of the molecule is C[C@@H](N)c1ccnc(-n2cccn2)c1. The van der Waals surface area contributed by atoms with Gasteiger partial charge in [0.2, 0.25) is 0 Å². The van der Waals surface area contributed by atoms with Crippen LogP contribution in [-0.4, -0.2) is 14.8 Å². The lowest BCUT2D eigenvalue weighted by atomic mass is 10.1. The van der Waals surface area contributed by atoms with Crippen LogP contribution in [0.4, 0.5) is 0 Å². The summed E-state index contributed by atoms with van der Waals surface area (Å²) in [7, 11) is 0. The molecule has 72 valence electrons. The summed E-state index contributed by atoms with van der Waals surface area (Å²) >= 11 is 0. The number of hydrogen-bond donors (Lipinski definition) is 1. The first kappa shape index (κ1) is 8.90. The Balaban J connectivity index is 2.41. The van der Waals surface area contributed by atoms with Crippen LogP contribution in [0.15, 0.2) is 36.8 Å². The summed E-state index contributed by atoms with van der Waals surface area (Å²) in [5, 5.41) is 4.10. The topological polar surface area (TPSA) is 56.7 Å². The van der Waals surface area contributed by atoms with E-state index in [2.05, 4.69) is 10.1 Å². The van der Waals surface area contributed by atoms with Crippen LogP contribution in [0.2, 0.25) is 0 Å². The smallest absolute Gasteiger partial charge is 0.153 e. The van der Waals surface area contributed by atoms with E-state index in [0.29, 0.717) is 0 Å². The predicted molar refractivity (Wildman–Crippen MR) is 54.0 cm³/mol. The lowest BCUT2D eigenvalue weighted by molar-refractivity contribution is 0.796. The second kappa shape index (κ2) is 3.59. The van der Waals surface area contributed by atoms with Crippen molar-refractivity contribution in [3.63, 3.8) is 0 Å². The van der Waals surface area contributed by atoms with Gasteiger partial charge >= 0.3 is 0 Å². The lowest BCUT2D eigenvalue weighted by Gasteiger charge is -2.06. The molecule has 2 rings (SSSR count). The summed E-state index contributed by atoms with van der Waals surface area (Å²) in [6.45, 7) is 1.95. The average molecular weight is 188 g/mol. The van der Waals surface area contributed by atoms with Gasteiger partial charge in [0, 0.05) is 24.6 Å². The average Bonchev–Trinajstić information content (AvgIpc) is 2.71. The molecule has 0 radical (unpaired) electrons. The maximum Gasteiger partial charge on any atom is 0.153 e. The molecule has 1 atom stereocenters. The quantitative estimate of drug-likeness (QED) is 0.772. The number of hydrogen-bond acceptors (Lipinski definition) is 3. The lowest BCUT2D eigenvalue weighted by Crippen LogP contribution is -2.07. The molecule has 0 aliphatic rings. The molecule has 0 amide bonds. The van der Waals surface area contributed by atoms with E-state index < -0.39 is 0 Å². The van der Waals surface area contributed by atoms with Gasteiger partial charge in [0.05, 0.1) is 0 Å². The van der Waals surface area contributed by atoms with Crippen LogP contribution in [-0.2, 0) is 0 Å². The number of aromatic nitrogens is 3. The maximum absolute atomic E-state index is 5.78. The largest absolute Gasteiger partial charge is 0.324 e. The van der Waals surface area contributed by atoms with Gasteiger partial charge in [-0.1, -0.05) is 0 Å². The van der Waals surface area contributed by atoms with Gasteiger partial charge in [0.15, 0.2) is 5.82 Å². The number of pyridine rings is 1. The van der Waals surface area contributed by atoms with Gasteiger partial charge < -0.3 is 5.73 Å².